The summed E-state index contributed by atoms with van der Waals surface area (Å²) in [5.74, 6) is 0.144. The quantitative estimate of drug-likeness (QED) is 0.851. The van der Waals surface area contributed by atoms with Gasteiger partial charge in [0.15, 0.2) is 0 Å². The van der Waals surface area contributed by atoms with Gasteiger partial charge in [-0.05, 0) is 37.0 Å². The van der Waals surface area contributed by atoms with E-state index in [-0.39, 0.29) is 12.0 Å². The van der Waals surface area contributed by atoms with E-state index in [0.29, 0.717) is 6.61 Å². The molecule has 1 heterocycles. The number of benzene rings is 1. The van der Waals surface area contributed by atoms with E-state index in [0.717, 1.165) is 12.1 Å². The van der Waals surface area contributed by atoms with Gasteiger partial charge in [0.2, 0.25) is 0 Å². The molecule has 4 heteroatoms. The van der Waals surface area contributed by atoms with Crippen LogP contribution in [0, 0.1) is 13.8 Å². The molecule has 0 aliphatic heterocycles. The van der Waals surface area contributed by atoms with Crippen LogP contribution in [-0.4, -0.2) is 22.3 Å². The van der Waals surface area contributed by atoms with Crippen molar-refractivity contribution in [3.63, 3.8) is 0 Å². The van der Waals surface area contributed by atoms with Crippen LogP contribution in [0.15, 0.2) is 30.7 Å². The summed E-state index contributed by atoms with van der Waals surface area (Å²) in [6.07, 6.45) is 3.72. The first-order valence-corrected chi connectivity index (χ1v) is 7.31. The Morgan fingerprint density at radius 3 is 2.86 bits per heavy atom. The summed E-state index contributed by atoms with van der Waals surface area (Å²) in [6, 6.07) is 6.27. The minimum atomic E-state index is -0.372. The van der Waals surface area contributed by atoms with Crippen LogP contribution in [0.2, 0.25) is 0 Å². The standard InChI is InChI=1S/C17H22N2O2/c1-5-9-21-17(20)19-10-16(18-11-19)14(4)15-8-6-7-12(2)13(15)3/h6-8,10-11,14H,5,9H2,1-4H3/t14-/m0/s1. The topological polar surface area (TPSA) is 44.1 Å². The lowest BCUT2D eigenvalue weighted by molar-refractivity contribution is 0.148. The molecular formula is C17H22N2O2. The highest BCUT2D eigenvalue weighted by Crippen LogP contribution is 2.27. The smallest absolute Gasteiger partial charge is 0.419 e. The number of imidazole rings is 1. The second-order valence-corrected chi connectivity index (χ2v) is 5.33. The van der Waals surface area contributed by atoms with Crippen molar-refractivity contribution in [1.29, 1.82) is 0 Å². The number of nitrogens with zero attached hydrogens (tertiary/aromatic N) is 2. The predicted molar refractivity (Wildman–Crippen MR) is 82.7 cm³/mol. The molecule has 2 aromatic rings. The third-order valence-electron chi connectivity index (χ3n) is 3.80. The van der Waals surface area contributed by atoms with Crippen LogP contribution in [0.4, 0.5) is 4.79 Å². The number of carbonyl (C=O) groups is 1. The third-order valence-corrected chi connectivity index (χ3v) is 3.80. The van der Waals surface area contributed by atoms with E-state index in [2.05, 4.69) is 44.0 Å². The van der Waals surface area contributed by atoms with Crippen molar-refractivity contribution < 1.29 is 9.53 Å². The van der Waals surface area contributed by atoms with Gasteiger partial charge in [-0.2, -0.15) is 0 Å². The van der Waals surface area contributed by atoms with Crippen LogP contribution in [0.1, 0.15) is 48.6 Å². The molecule has 0 saturated heterocycles. The van der Waals surface area contributed by atoms with E-state index < -0.39 is 0 Å². The van der Waals surface area contributed by atoms with Crippen LogP contribution in [0.5, 0.6) is 0 Å². The molecule has 0 N–H and O–H groups in total. The minimum absolute atomic E-state index is 0.144. The SMILES string of the molecule is CCCOC(=O)n1cnc([C@@H](C)c2cccc(C)c2C)c1. The van der Waals surface area contributed by atoms with Gasteiger partial charge in [0.05, 0.1) is 12.3 Å². The van der Waals surface area contributed by atoms with Gasteiger partial charge < -0.3 is 4.74 Å². The Labute approximate surface area is 125 Å². The molecule has 112 valence electrons. The largest absolute Gasteiger partial charge is 0.449 e. The molecule has 0 fully saturated rings. The zero-order chi connectivity index (χ0) is 15.4. The zero-order valence-electron chi connectivity index (χ0n) is 13.1. The van der Waals surface area contributed by atoms with Crippen LogP contribution >= 0.6 is 0 Å². The Morgan fingerprint density at radius 1 is 1.38 bits per heavy atom. The number of hydrogen-bond donors (Lipinski definition) is 0. The molecule has 1 atom stereocenters. The van der Waals surface area contributed by atoms with Crippen LogP contribution in [0.3, 0.4) is 0 Å². The van der Waals surface area contributed by atoms with Crippen LogP contribution in [0.25, 0.3) is 0 Å². The summed E-state index contributed by atoms with van der Waals surface area (Å²) < 4.78 is 6.51. The molecule has 0 bridgehead atoms. The van der Waals surface area contributed by atoms with Gasteiger partial charge in [-0.15, -0.1) is 0 Å². The first-order valence-electron chi connectivity index (χ1n) is 7.31. The van der Waals surface area contributed by atoms with E-state index in [4.69, 9.17) is 4.74 Å². The van der Waals surface area contributed by atoms with E-state index in [1.165, 1.54) is 27.6 Å². The second kappa shape index (κ2) is 6.57. The Morgan fingerprint density at radius 2 is 2.14 bits per heavy atom. The number of rotatable bonds is 4. The molecule has 1 aromatic carbocycles. The average Bonchev–Trinajstić information content (AvgIpc) is 2.97. The molecule has 0 aliphatic rings. The van der Waals surface area contributed by atoms with E-state index in [1.807, 2.05) is 6.92 Å². The maximum Gasteiger partial charge on any atom is 0.419 e. The lowest BCUT2D eigenvalue weighted by atomic mass is 9.92. The lowest BCUT2D eigenvalue weighted by Gasteiger charge is -2.14. The summed E-state index contributed by atoms with van der Waals surface area (Å²) in [5, 5.41) is 0. The number of hydrogen-bond acceptors (Lipinski definition) is 3. The highest BCUT2D eigenvalue weighted by Gasteiger charge is 2.16. The van der Waals surface area contributed by atoms with Crippen molar-refractivity contribution >= 4 is 6.09 Å². The fourth-order valence-electron chi connectivity index (χ4n) is 2.33. The second-order valence-electron chi connectivity index (χ2n) is 5.33. The van der Waals surface area contributed by atoms with Crippen molar-refractivity contribution in [2.45, 2.75) is 40.0 Å². The molecule has 0 amide bonds. The number of ether oxygens (including phenoxy) is 1. The molecular weight excluding hydrogens is 264 g/mol. The molecule has 21 heavy (non-hydrogen) atoms. The Hall–Kier alpha value is -2.10. The maximum atomic E-state index is 11.8. The van der Waals surface area contributed by atoms with E-state index in [9.17, 15) is 4.79 Å². The zero-order valence-corrected chi connectivity index (χ0v) is 13.1. The van der Waals surface area contributed by atoms with Gasteiger partial charge >= 0.3 is 6.09 Å². The van der Waals surface area contributed by atoms with Crippen LogP contribution in [-0.2, 0) is 4.74 Å². The van der Waals surface area contributed by atoms with Crippen molar-refractivity contribution in [3.05, 3.63) is 53.1 Å². The fourth-order valence-corrected chi connectivity index (χ4v) is 2.33. The highest BCUT2D eigenvalue weighted by atomic mass is 16.5. The predicted octanol–water partition coefficient (Wildman–Crippen LogP) is 4.05. The summed E-state index contributed by atoms with van der Waals surface area (Å²) in [4.78, 5) is 16.2. The molecule has 0 aliphatic carbocycles. The Kier molecular flexibility index (Phi) is 4.78. The molecule has 4 nitrogen and oxygen atoms in total. The van der Waals surface area contributed by atoms with Gasteiger partial charge in [-0.25, -0.2) is 14.3 Å². The fraction of sp³-hybridized carbons (Fsp3) is 0.412. The van der Waals surface area contributed by atoms with E-state index >= 15 is 0 Å². The van der Waals surface area contributed by atoms with Crippen molar-refractivity contribution in [2.24, 2.45) is 0 Å². The van der Waals surface area contributed by atoms with Crippen molar-refractivity contribution in [2.75, 3.05) is 6.61 Å². The van der Waals surface area contributed by atoms with Gasteiger partial charge in [0.1, 0.15) is 6.33 Å². The van der Waals surface area contributed by atoms with Crippen LogP contribution < -0.4 is 0 Å². The summed E-state index contributed by atoms with van der Waals surface area (Å²) in [6.45, 7) is 8.72. The van der Waals surface area contributed by atoms with Gasteiger partial charge in [-0.1, -0.05) is 32.0 Å². The molecule has 0 saturated carbocycles. The van der Waals surface area contributed by atoms with Gasteiger partial charge in [0, 0.05) is 12.1 Å². The lowest BCUT2D eigenvalue weighted by Crippen LogP contribution is -2.12. The maximum absolute atomic E-state index is 11.8. The summed E-state index contributed by atoms with van der Waals surface area (Å²) >= 11 is 0. The normalized spacial score (nSPS) is 12.2. The van der Waals surface area contributed by atoms with E-state index in [1.54, 1.807) is 6.20 Å². The first kappa shape index (κ1) is 15.3. The highest BCUT2D eigenvalue weighted by molar-refractivity contribution is 5.70. The Bertz CT molecular complexity index is 631. The number of aryl methyl sites for hydroxylation is 1. The van der Waals surface area contributed by atoms with Gasteiger partial charge in [0.25, 0.3) is 0 Å². The summed E-state index contributed by atoms with van der Waals surface area (Å²) in [7, 11) is 0. The van der Waals surface area contributed by atoms with Crippen molar-refractivity contribution in [3.8, 4) is 0 Å². The first-order chi connectivity index (χ1) is 10.0. The van der Waals surface area contributed by atoms with Gasteiger partial charge in [-0.3, -0.25) is 0 Å². The minimum Gasteiger partial charge on any atom is -0.449 e. The molecule has 0 radical (unpaired) electrons. The molecule has 0 unspecified atom stereocenters. The monoisotopic (exact) mass is 286 g/mol. The average molecular weight is 286 g/mol. The number of carbonyl (C=O) groups excluding carboxylic acids is 1. The molecule has 1 aromatic heterocycles. The number of aromatic nitrogens is 2. The Balaban J connectivity index is 2.21. The van der Waals surface area contributed by atoms with Crippen molar-refractivity contribution in [1.82, 2.24) is 9.55 Å². The molecule has 2 rings (SSSR count). The summed E-state index contributed by atoms with van der Waals surface area (Å²) in [5.41, 5.74) is 4.65. The molecule has 0 spiro atoms. The third kappa shape index (κ3) is 3.32.